The topological polar surface area (TPSA) is 88.1 Å². The van der Waals surface area contributed by atoms with Gasteiger partial charge in [-0.15, -0.1) is 0 Å². The van der Waals surface area contributed by atoms with E-state index >= 15 is 0 Å². The summed E-state index contributed by atoms with van der Waals surface area (Å²) < 4.78 is 29.8. The molecule has 0 aromatic heterocycles. The Kier molecular flexibility index (Phi) is 5.75. The van der Waals surface area contributed by atoms with Crippen LogP contribution in [0.3, 0.4) is 0 Å². The third-order valence-corrected chi connectivity index (χ3v) is 5.39. The molecule has 1 aliphatic rings. The molecule has 0 atom stereocenters. The van der Waals surface area contributed by atoms with E-state index in [0.29, 0.717) is 18.7 Å². The summed E-state index contributed by atoms with van der Waals surface area (Å²) >= 11 is 0. The fourth-order valence-corrected chi connectivity index (χ4v) is 3.44. The van der Waals surface area contributed by atoms with Crippen LogP contribution >= 0.6 is 0 Å². The Labute approximate surface area is 158 Å². The molecule has 3 rings (SSSR count). The number of ether oxygens (including phenoxy) is 1. The highest BCUT2D eigenvalue weighted by Gasteiger charge is 2.24. The molecule has 0 bridgehead atoms. The van der Waals surface area contributed by atoms with Crippen LogP contribution in [0.25, 0.3) is 0 Å². The van der Waals surface area contributed by atoms with Gasteiger partial charge in [0.25, 0.3) is 10.0 Å². The quantitative estimate of drug-likeness (QED) is 0.799. The molecule has 1 heterocycles. The second kappa shape index (κ2) is 8.22. The average Bonchev–Trinajstić information content (AvgIpc) is 3.15. The van der Waals surface area contributed by atoms with Crippen LogP contribution < -0.4 is 4.83 Å². The van der Waals surface area contributed by atoms with Crippen molar-refractivity contribution in [1.82, 2.24) is 9.73 Å². The Morgan fingerprint density at radius 3 is 2.56 bits per heavy atom. The first kappa shape index (κ1) is 18.9. The highest BCUT2D eigenvalue weighted by atomic mass is 32.2. The van der Waals surface area contributed by atoms with E-state index in [0.717, 1.165) is 11.1 Å². The van der Waals surface area contributed by atoms with Crippen LogP contribution in [0.2, 0.25) is 0 Å². The van der Waals surface area contributed by atoms with Crippen LogP contribution in [-0.2, 0) is 21.4 Å². The minimum Gasteiger partial charge on any atom is -0.445 e. The molecule has 27 heavy (non-hydrogen) atoms. The Hall–Kier alpha value is -2.87. The second-order valence-electron chi connectivity index (χ2n) is 6.30. The molecule has 0 aliphatic carbocycles. The first-order valence-electron chi connectivity index (χ1n) is 8.53. The van der Waals surface area contributed by atoms with Crippen LogP contribution in [-0.4, -0.2) is 38.2 Å². The number of benzene rings is 2. The fourth-order valence-electron chi connectivity index (χ4n) is 2.59. The van der Waals surface area contributed by atoms with Crippen LogP contribution in [0.1, 0.15) is 17.5 Å². The lowest BCUT2D eigenvalue weighted by molar-refractivity contribution is 0.105. The summed E-state index contributed by atoms with van der Waals surface area (Å²) in [5.74, 6) is 0. The molecule has 1 aliphatic heterocycles. The molecule has 2 aromatic carbocycles. The summed E-state index contributed by atoms with van der Waals surface area (Å²) in [7, 11) is -3.72. The van der Waals surface area contributed by atoms with Gasteiger partial charge in [0.2, 0.25) is 0 Å². The van der Waals surface area contributed by atoms with Crippen molar-refractivity contribution in [3.05, 3.63) is 65.7 Å². The SMILES string of the molecule is Cc1ccc(S(=O)(=O)N/N=C2/CCN(C(=O)OCc3ccccc3)C2)cc1. The molecule has 142 valence electrons. The van der Waals surface area contributed by atoms with Crippen molar-refractivity contribution >= 4 is 21.8 Å². The Morgan fingerprint density at radius 2 is 1.85 bits per heavy atom. The molecule has 8 heteroatoms. The standard InChI is InChI=1S/C19H21N3O4S/c1-15-7-9-18(10-8-15)27(24,25)21-20-17-11-12-22(13-17)19(23)26-14-16-5-3-2-4-6-16/h2-10,21H,11-14H2,1H3/b20-17-. The van der Waals surface area contributed by atoms with Crippen molar-refractivity contribution in [2.45, 2.75) is 24.8 Å². The van der Waals surface area contributed by atoms with E-state index < -0.39 is 16.1 Å². The maximum Gasteiger partial charge on any atom is 0.410 e. The molecule has 0 spiro atoms. The Balaban J connectivity index is 1.54. The fraction of sp³-hybridized carbons (Fsp3) is 0.263. The predicted molar refractivity (Wildman–Crippen MR) is 102 cm³/mol. The number of nitrogens with one attached hydrogen (secondary N) is 1. The van der Waals surface area contributed by atoms with Crippen LogP contribution in [0, 0.1) is 6.92 Å². The van der Waals surface area contributed by atoms with Crippen molar-refractivity contribution in [2.24, 2.45) is 5.10 Å². The van der Waals surface area contributed by atoms with Gasteiger partial charge in [-0.3, -0.25) is 0 Å². The zero-order valence-corrected chi connectivity index (χ0v) is 15.8. The lowest BCUT2D eigenvalue weighted by Crippen LogP contribution is -2.29. The Bertz CT molecular complexity index is 925. The molecule has 0 radical (unpaired) electrons. The normalized spacial score (nSPS) is 15.7. The molecule has 2 aromatic rings. The van der Waals surface area contributed by atoms with Crippen LogP contribution in [0.15, 0.2) is 64.6 Å². The van der Waals surface area contributed by atoms with Gasteiger partial charge in [-0.1, -0.05) is 48.0 Å². The summed E-state index contributed by atoms with van der Waals surface area (Å²) in [5, 5.41) is 3.97. The molecule has 1 amide bonds. The van der Waals surface area contributed by atoms with Gasteiger partial charge in [-0.05, 0) is 24.6 Å². The highest BCUT2D eigenvalue weighted by Crippen LogP contribution is 2.12. The average molecular weight is 387 g/mol. The zero-order valence-electron chi connectivity index (χ0n) is 15.0. The van der Waals surface area contributed by atoms with Crippen LogP contribution in [0.4, 0.5) is 4.79 Å². The molecule has 0 unspecified atom stereocenters. The Morgan fingerprint density at radius 1 is 1.15 bits per heavy atom. The second-order valence-corrected chi connectivity index (χ2v) is 7.96. The summed E-state index contributed by atoms with van der Waals surface area (Å²) in [4.78, 5) is 16.0. The summed E-state index contributed by atoms with van der Waals surface area (Å²) in [6.45, 7) is 2.76. The van der Waals surface area contributed by atoms with Gasteiger partial charge in [0.15, 0.2) is 0 Å². The lowest BCUT2D eigenvalue weighted by Gasteiger charge is -2.14. The van der Waals surface area contributed by atoms with Gasteiger partial charge in [-0.2, -0.15) is 13.5 Å². The molecule has 1 saturated heterocycles. The maximum absolute atomic E-state index is 12.3. The van der Waals surface area contributed by atoms with Gasteiger partial charge < -0.3 is 9.64 Å². The van der Waals surface area contributed by atoms with E-state index in [4.69, 9.17) is 4.74 Å². The monoisotopic (exact) mass is 387 g/mol. The van der Waals surface area contributed by atoms with Gasteiger partial charge in [0.1, 0.15) is 6.61 Å². The van der Waals surface area contributed by atoms with Gasteiger partial charge in [-0.25, -0.2) is 9.63 Å². The van der Waals surface area contributed by atoms with Crippen LogP contribution in [0.5, 0.6) is 0 Å². The van der Waals surface area contributed by atoms with E-state index in [1.165, 1.54) is 17.0 Å². The molecule has 1 fully saturated rings. The zero-order chi connectivity index (χ0) is 19.3. The van der Waals surface area contributed by atoms with Gasteiger partial charge >= 0.3 is 6.09 Å². The number of hydrogen-bond acceptors (Lipinski definition) is 5. The third kappa shape index (κ3) is 5.07. The number of likely N-dealkylation sites (tertiary alicyclic amines) is 1. The number of hydrazone groups is 1. The molecular weight excluding hydrogens is 366 g/mol. The number of carbonyl (C=O) groups is 1. The van der Waals surface area contributed by atoms with E-state index in [1.807, 2.05) is 37.3 Å². The molecule has 7 nitrogen and oxygen atoms in total. The van der Waals surface area contributed by atoms with E-state index in [-0.39, 0.29) is 18.0 Å². The van der Waals surface area contributed by atoms with Crippen molar-refractivity contribution in [3.8, 4) is 0 Å². The molecular formula is C19H21N3O4S. The number of carbonyl (C=O) groups excluding carboxylic acids is 1. The molecule has 1 N–H and O–H groups in total. The van der Waals surface area contributed by atoms with Crippen molar-refractivity contribution in [1.29, 1.82) is 0 Å². The lowest BCUT2D eigenvalue weighted by atomic mass is 10.2. The molecule has 0 saturated carbocycles. The summed E-state index contributed by atoms with van der Waals surface area (Å²) in [5.41, 5.74) is 2.47. The number of aryl methyl sites for hydroxylation is 1. The summed E-state index contributed by atoms with van der Waals surface area (Å²) in [6, 6.07) is 15.9. The number of hydrogen-bond donors (Lipinski definition) is 1. The smallest absolute Gasteiger partial charge is 0.410 e. The summed E-state index contributed by atoms with van der Waals surface area (Å²) in [6.07, 6.45) is 0.0575. The van der Waals surface area contributed by atoms with Crippen molar-refractivity contribution < 1.29 is 17.9 Å². The third-order valence-electron chi connectivity index (χ3n) is 4.16. The predicted octanol–water partition coefficient (Wildman–Crippen LogP) is 2.67. The first-order valence-corrected chi connectivity index (χ1v) is 10.0. The number of sulfonamides is 1. The number of nitrogens with zero attached hydrogens (tertiary/aromatic N) is 2. The van der Waals surface area contributed by atoms with E-state index in [2.05, 4.69) is 9.93 Å². The van der Waals surface area contributed by atoms with Gasteiger partial charge in [0, 0.05) is 13.0 Å². The van der Waals surface area contributed by atoms with Crippen molar-refractivity contribution in [2.75, 3.05) is 13.1 Å². The minimum absolute atomic E-state index is 0.148. The first-order chi connectivity index (χ1) is 12.9. The number of rotatable bonds is 5. The minimum atomic E-state index is -3.72. The maximum atomic E-state index is 12.3. The van der Waals surface area contributed by atoms with Gasteiger partial charge in [0.05, 0.1) is 17.2 Å². The van der Waals surface area contributed by atoms with Crippen molar-refractivity contribution in [3.63, 3.8) is 0 Å². The number of amides is 1. The van der Waals surface area contributed by atoms with E-state index in [9.17, 15) is 13.2 Å². The largest absolute Gasteiger partial charge is 0.445 e. The van der Waals surface area contributed by atoms with E-state index in [1.54, 1.807) is 12.1 Å². The highest BCUT2D eigenvalue weighted by molar-refractivity contribution is 7.89.